The molecule has 2 aromatic carbocycles. The van der Waals surface area contributed by atoms with E-state index in [-0.39, 0.29) is 0 Å². The summed E-state index contributed by atoms with van der Waals surface area (Å²) in [7, 11) is 1.57. The summed E-state index contributed by atoms with van der Waals surface area (Å²) in [5.74, 6) is -0.348. The second kappa shape index (κ2) is 9.84. The second-order valence-corrected chi connectivity index (χ2v) is 5.33. The summed E-state index contributed by atoms with van der Waals surface area (Å²) in [6.07, 6.45) is 5.27. The van der Waals surface area contributed by atoms with E-state index in [2.05, 4.69) is 5.32 Å². The minimum absolute atomic E-state index is 0.436. The molecule has 5 nitrogen and oxygen atoms in total. The molecule has 0 fully saturated rings. The Morgan fingerprint density at radius 2 is 1.69 bits per heavy atom. The van der Waals surface area contributed by atoms with Gasteiger partial charge in [0.1, 0.15) is 5.75 Å². The highest BCUT2D eigenvalue weighted by molar-refractivity contribution is 5.97. The maximum atomic E-state index is 12.7. The number of methoxy groups -OCH3 is 1. The summed E-state index contributed by atoms with van der Waals surface area (Å²) in [6.45, 7) is 1.84. The fraction of sp³-hybridized carbons (Fsp3) is 0.143. The molecular weight excluding hydrogens is 330 g/mol. The lowest BCUT2D eigenvalue weighted by molar-refractivity contribution is -0.149. The predicted molar refractivity (Wildman–Crippen MR) is 101 cm³/mol. The third-order valence-corrected chi connectivity index (χ3v) is 3.47. The van der Waals surface area contributed by atoms with Crippen LogP contribution in [0.1, 0.15) is 18.6 Å². The van der Waals surface area contributed by atoms with E-state index in [0.29, 0.717) is 17.0 Å². The standard InChI is InChI=1S/C21H21NO4/c1-3-4-6-11-19(23)26-20(16-9-7-5-8-10-16)21(24)22-17-12-14-18(25-2)15-13-17/h3-15,20H,1-2H3,(H,22,24)/b4-3+,11-6+. The van der Waals surface area contributed by atoms with E-state index in [1.54, 1.807) is 73.9 Å². The molecule has 26 heavy (non-hydrogen) atoms. The molecule has 0 aliphatic rings. The molecule has 0 bridgehead atoms. The smallest absolute Gasteiger partial charge is 0.331 e. The topological polar surface area (TPSA) is 64.6 Å². The van der Waals surface area contributed by atoms with Crippen molar-refractivity contribution in [2.75, 3.05) is 12.4 Å². The van der Waals surface area contributed by atoms with E-state index in [1.165, 1.54) is 6.08 Å². The van der Waals surface area contributed by atoms with Crippen molar-refractivity contribution >= 4 is 17.6 Å². The Morgan fingerprint density at radius 3 is 2.31 bits per heavy atom. The van der Waals surface area contributed by atoms with Crippen molar-refractivity contribution in [1.29, 1.82) is 0 Å². The molecule has 5 heteroatoms. The van der Waals surface area contributed by atoms with Crippen LogP contribution in [0.25, 0.3) is 0 Å². The Hall–Kier alpha value is -3.34. The first kappa shape index (κ1) is 19.0. The van der Waals surface area contributed by atoms with Gasteiger partial charge >= 0.3 is 5.97 Å². The van der Waals surface area contributed by atoms with Gasteiger partial charge in [-0.2, -0.15) is 0 Å². The molecule has 0 saturated carbocycles. The summed E-state index contributed by atoms with van der Waals surface area (Å²) in [4.78, 5) is 24.7. The fourth-order valence-electron chi connectivity index (χ4n) is 2.18. The van der Waals surface area contributed by atoms with Crippen molar-refractivity contribution in [3.05, 3.63) is 84.5 Å². The molecular formula is C21H21NO4. The molecule has 1 unspecified atom stereocenters. The quantitative estimate of drug-likeness (QED) is 0.464. The van der Waals surface area contributed by atoms with Crippen LogP contribution in [0.3, 0.4) is 0 Å². The summed E-state index contributed by atoms with van der Waals surface area (Å²) >= 11 is 0. The highest BCUT2D eigenvalue weighted by Gasteiger charge is 2.24. The molecule has 134 valence electrons. The first-order valence-corrected chi connectivity index (χ1v) is 8.14. The lowest BCUT2D eigenvalue weighted by atomic mass is 10.1. The number of ether oxygens (including phenoxy) is 2. The van der Waals surface area contributed by atoms with Crippen LogP contribution in [0.4, 0.5) is 5.69 Å². The van der Waals surface area contributed by atoms with E-state index < -0.39 is 18.0 Å². The summed E-state index contributed by atoms with van der Waals surface area (Å²) < 4.78 is 10.5. The van der Waals surface area contributed by atoms with Crippen molar-refractivity contribution in [3.8, 4) is 5.75 Å². The van der Waals surface area contributed by atoms with Gasteiger partial charge in [-0.1, -0.05) is 48.6 Å². The van der Waals surface area contributed by atoms with Gasteiger partial charge in [0.15, 0.2) is 0 Å². The predicted octanol–water partition coefficient (Wildman–Crippen LogP) is 4.05. The molecule has 0 saturated heterocycles. The van der Waals surface area contributed by atoms with Gasteiger partial charge in [-0.3, -0.25) is 4.79 Å². The van der Waals surface area contributed by atoms with E-state index in [1.807, 2.05) is 13.0 Å². The van der Waals surface area contributed by atoms with Crippen LogP contribution in [0, 0.1) is 0 Å². The van der Waals surface area contributed by atoms with Gasteiger partial charge in [-0.15, -0.1) is 0 Å². The van der Waals surface area contributed by atoms with Crippen LogP contribution in [0.15, 0.2) is 78.9 Å². The van der Waals surface area contributed by atoms with Gasteiger partial charge in [0, 0.05) is 17.3 Å². The third kappa shape index (κ3) is 5.63. The molecule has 0 aromatic heterocycles. The number of anilines is 1. The number of carbonyl (C=O) groups is 2. The maximum absolute atomic E-state index is 12.7. The minimum atomic E-state index is -1.05. The molecule has 2 rings (SSSR count). The van der Waals surface area contributed by atoms with E-state index in [4.69, 9.17) is 9.47 Å². The number of rotatable bonds is 7. The molecule has 0 spiro atoms. The SMILES string of the molecule is C/C=C/C=C/C(=O)OC(C(=O)Nc1ccc(OC)cc1)c1ccccc1. The summed E-state index contributed by atoms with van der Waals surface area (Å²) in [5, 5.41) is 2.75. The molecule has 1 amide bonds. The number of nitrogens with one attached hydrogen (secondary N) is 1. The molecule has 0 aliphatic heterocycles. The zero-order chi connectivity index (χ0) is 18.8. The normalized spacial score (nSPS) is 12.1. The molecule has 0 heterocycles. The Bertz CT molecular complexity index is 779. The second-order valence-electron chi connectivity index (χ2n) is 5.33. The Kier molecular flexibility index (Phi) is 7.18. The lowest BCUT2D eigenvalue weighted by Gasteiger charge is -2.17. The van der Waals surface area contributed by atoms with E-state index in [9.17, 15) is 9.59 Å². The zero-order valence-electron chi connectivity index (χ0n) is 14.7. The van der Waals surface area contributed by atoms with E-state index >= 15 is 0 Å². The number of carbonyl (C=O) groups excluding carboxylic acids is 2. The van der Waals surface area contributed by atoms with Gasteiger partial charge in [0.05, 0.1) is 7.11 Å². The highest BCUT2D eigenvalue weighted by atomic mass is 16.5. The van der Waals surface area contributed by atoms with Crippen molar-refractivity contribution in [2.24, 2.45) is 0 Å². The average molecular weight is 351 g/mol. The molecule has 0 radical (unpaired) electrons. The third-order valence-electron chi connectivity index (χ3n) is 3.47. The Morgan fingerprint density at radius 1 is 1.00 bits per heavy atom. The van der Waals surface area contributed by atoms with Crippen LogP contribution in [0.2, 0.25) is 0 Å². The number of hydrogen-bond donors (Lipinski definition) is 1. The van der Waals surface area contributed by atoms with Crippen molar-refractivity contribution in [3.63, 3.8) is 0 Å². The maximum Gasteiger partial charge on any atom is 0.331 e. The van der Waals surface area contributed by atoms with Crippen LogP contribution in [0.5, 0.6) is 5.75 Å². The zero-order valence-corrected chi connectivity index (χ0v) is 14.7. The van der Waals surface area contributed by atoms with Gasteiger partial charge in [-0.25, -0.2) is 4.79 Å². The van der Waals surface area contributed by atoms with Crippen LogP contribution < -0.4 is 10.1 Å². The molecule has 2 aromatic rings. The number of amides is 1. The van der Waals surface area contributed by atoms with Crippen LogP contribution in [-0.2, 0) is 14.3 Å². The average Bonchev–Trinajstić information content (AvgIpc) is 2.67. The first-order chi connectivity index (χ1) is 12.6. The van der Waals surface area contributed by atoms with Crippen LogP contribution >= 0.6 is 0 Å². The largest absolute Gasteiger partial charge is 0.497 e. The summed E-state index contributed by atoms with van der Waals surface area (Å²) in [5.41, 5.74) is 1.17. The summed E-state index contributed by atoms with van der Waals surface area (Å²) in [6, 6.07) is 15.8. The fourth-order valence-corrected chi connectivity index (χ4v) is 2.18. The number of esters is 1. The Labute approximate surface area is 152 Å². The van der Waals surface area contributed by atoms with Crippen LogP contribution in [-0.4, -0.2) is 19.0 Å². The lowest BCUT2D eigenvalue weighted by Crippen LogP contribution is -2.25. The number of allylic oxidation sites excluding steroid dienone is 3. The van der Waals surface area contributed by atoms with Gasteiger partial charge in [0.25, 0.3) is 5.91 Å². The van der Waals surface area contributed by atoms with Gasteiger partial charge < -0.3 is 14.8 Å². The van der Waals surface area contributed by atoms with Gasteiger partial charge in [-0.05, 0) is 31.2 Å². The molecule has 1 N–H and O–H groups in total. The van der Waals surface area contributed by atoms with Crippen molar-refractivity contribution in [1.82, 2.24) is 0 Å². The van der Waals surface area contributed by atoms with E-state index in [0.717, 1.165) is 0 Å². The minimum Gasteiger partial charge on any atom is -0.497 e. The van der Waals surface area contributed by atoms with Crippen molar-refractivity contribution < 1.29 is 19.1 Å². The van der Waals surface area contributed by atoms with Gasteiger partial charge in [0.2, 0.25) is 6.10 Å². The monoisotopic (exact) mass is 351 g/mol. The number of benzene rings is 2. The molecule has 1 atom stereocenters. The van der Waals surface area contributed by atoms with Crippen molar-refractivity contribution in [2.45, 2.75) is 13.0 Å². The first-order valence-electron chi connectivity index (χ1n) is 8.14. The molecule has 0 aliphatic carbocycles. The Balaban J connectivity index is 2.16. The highest BCUT2D eigenvalue weighted by Crippen LogP contribution is 2.21. The number of hydrogen-bond acceptors (Lipinski definition) is 4.